The van der Waals surface area contributed by atoms with Crippen LogP contribution in [0.2, 0.25) is 5.02 Å². The Hall–Kier alpha value is -0.390. The van der Waals surface area contributed by atoms with E-state index in [4.69, 9.17) is 17.3 Å². The summed E-state index contributed by atoms with van der Waals surface area (Å²) in [7, 11) is 2.10. The molecule has 0 bridgehead atoms. The van der Waals surface area contributed by atoms with Crippen LogP contribution in [0.1, 0.15) is 23.4 Å². The molecule has 108 valence electrons. The van der Waals surface area contributed by atoms with E-state index in [0.717, 1.165) is 16.0 Å². The van der Waals surface area contributed by atoms with Crippen LogP contribution in [0.3, 0.4) is 0 Å². The van der Waals surface area contributed by atoms with Gasteiger partial charge in [-0.1, -0.05) is 23.7 Å². The van der Waals surface area contributed by atoms with E-state index in [2.05, 4.69) is 45.4 Å². The fraction of sp³-hybridized carbons (Fsp3) is 0.333. The molecule has 2 nitrogen and oxygen atoms in total. The lowest BCUT2D eigenvalue weighted by Crippen LogP contribution is -2.36. The molecule has 0 saturated heterocycles. The maximum atomic E-state index is 6.19. The molecule has 2 unspecified atom stereocenters. The molecular weight excluding hydrogens is 356 g/mol. The van der Waals surface area contributed by atoms with Gasteiger partial charge in [0.1, 0.15) is 0 Å². The van der Waals surface area contributed by atoms with E-state index >= 15 is 0 Å². The van der Waals surface area contributed by atoms with Crippen LogP contribution < -0.4 is 5.73 Å². The molecule has 0 saturated carbocycles. The fourth-order valence-corrected chi connectivity index (χ4v) is 4.32. The SMILES string of the molecule is CC(N)C(c1cc(Br)cs1)N(C)Cc1cccc(Cl)c1. The second-order valence-corrected chi connectivity index (χ2v) is 7.31. The summed E-state index contributed by atoms with van der Waals surface area (Å²) in [6.45, 7) is 2.87. The Morgan fingerprint density at radius 1 is 1.40 bits per heavy atom. The summed E-state index contributed by atoms with van der Waals surface area (Å²) in [5.74, 6) is 0. The van der Waals surface area contributed by atoms with Crippen molar-refractivity contribution in [3.05, 3.63) is 55.6 Å². The maximum absolute atomic E-state index is 6.19. The number of benzene rings is 1. The van der Waals surface area contributed by atoms with E-state index in [-0.39, 0.29) is 12.1 Å². The van der Waals surface area contributed by atoms with Crippen LogP contribution in [0.25, 0.3) is 0 Å². The van der Waals surface area contributed by atoms with E-state index in [9.17, 15) is 0 Å². The average Bonchev–Trinajstić information content (AvgIpc) is 2.75. The average molecular weight is 374 g/mol. The molecule has 0 aliphatic carbocycles. The summed E-state index contributed by atoms with van der Waals surface area (Å²) in [5.41, 5.74) is 7.38. The lowest BCUT2D eigenvalue weighted by atomic mass is 10.1. The zero-order valence-corrected chi connectivity index (χ0v) is 14.7. The summed E-state index contributed by atoms with van der Waals surface area (Å²) in [6.07, 6.45) is 0. The minimum Gasteiger partial charge on any atom is -0.326 e. The van der Waals surface area contributed by atoms with Crippen LogP contribution in [0, 0.1) is 0 Å². The third-order valence-corrected chi connectivity index (χ3v) is 5.17. The summed E-state index contributed by atoms with van der Waals surface area (Å²) < 4.78 is 1.11. The van der Waals surface area contributed by atoms with Crippen molar-refractivity contribution in [2.24, 2.45) is 5.73 Å². The van der Waals surface area contributed by atoms with Crippen molar-refractivity contribution in [2.45, 2.75) is 25.6 Å². The second kappa shape index (κ2) is 7.05. The van der Waals surface area contributed by atoms with Crippen molar-refractivity contribution in [3.63, 3.8) is 0 Å². The predicted molar refractivity (Wildman–Crippen MR) is 91.3 cm³/mol. The number of rotatable bonds is 5. The Kier molecular flexibility index (Phi) is 5.64. The van der Waals surface area contributed by atoms with Gasteiger partial charge in [-0.2, -0.15) is 0 Å². The summed E-state index contributed by atoms with van der Waals surface area (Å²) in [4.78, 5) is 3.55. The third kappa shape index (κ3) is 4.06. The molecule has 1 aromatic heterocycles. The molecule has 0 amide bonds. The van der Waals surface area contributed by atoms with Gasteiger partial charge >= 0.3 is 0 Å². The number of nitrogens with two attached hydrogens (primary N) is 1. The minimum atomic E-state index is 0.0599. The maximum Gasteiger partial charge on any atom is 0.0591 e. The van der Waals surface area contributed by atoms with Gasteiger partial charge in [0.05, 0.1) is 6.04 Å². The number of nitrogens with zero attached hydrogens (tertiary/aromatic N) is 1. The zero-order valence-electron chi connectivity index (χ0n) is 11.5. The quantitative estimate of drug-likeness (QED) is 0.824. The second-order valence-electron chi connectivity index (χ2n) is 5.02. The van der Waals surface area contributed by atoms with Gasteiger partial charge < -0.3 is 5.73 Å². The first-order valence-electron chi connectivity index (χ1n) is 6.41. The normalized spacial score (nSPS) is 14.5. The molecule has 0 fully saturated rings. The highest BCUT2D eigenvalue weighted by Crippen LogP contribution is 2.31. The van der Waals surface area contributed by atoms with Crippen LogP contribution in [0.4, 0.5) is 0 Å². The van der Waals surface area contributed by atoms with E-state index in [0.29, 0.717) is 0 Å². The highest BCUT2D eigenvalue weighted by atomic mass is 79.9. The molecule has 5 heteroatoms. The molecule has 1 heterocycles. The lowest BCUT2D eigenvalue weighted by molar-refractivity contribution is 0.214. The Labute approximate surface area is 137 Å². The molecule has 0 aliphatic rings. The summed E-state index contributed by atoms with van der Waals surface area (Å²) in [5, 5.41) is 2.87. The number of likely N-dealkylation sites (N-methyl/N-ethyl adjacent to an activating group) is 1. The molecule has 0 spiro atoms. The number of hydrogen-bond acceptors (Lipinski definition) is 3. The van der Waals surface area contributed by atoms with E-state index < -0.39 is 0 Å². The fourth-order valence-electron chi connectivity index (χ4n) is 2.38. The van der Waals surface area contributed by atoms with Gasteiger partial charge in [0.2, 0.25) is 0 Å². The predicted octanol–water partition coefficient (Wildman–Crippen LogP) is 4.68. The van der Waals surface area contributed by atoms with Crippen LogP contribution in [-0.2, 0) is 6.54 Å². The van der Waals surface area contributed by atoms with Gasteiger partial charge in [-0.3, -0.25) is 4.90 Å². The number of halogens is 2. The van der Waals surface area contributed by atoms with Gasteiger partial charge in [0, 0.05) is 32.3 Å². The van der Waals surface area contributed by atoms with Crippen LogP contribution in [0.5, 0.6) is 0 Å². The molecular formula is C15H18BrClN2S. The molecule has 1 aromatic carbocycles. The Morgan fingerprint density at radius 3 is 2.70 bits per heavy atom. The van der Waals surface area contributed by atoms with Crippen LogP contribution in [0.15, 0.2) is 40.2 Å². The van der Waals surface area contributed by atoms with Crippen molar-refractivity contribution in [2.75, 3.05) is 7.05 Å². The van der Waals surface area contributed by atoms with Crippen molar-refractivity contribution >= 4 is 38.9 Å². The van der Waals surface area contributed by atoms with Gasteiger partial charge in [-0.25, -0.2) is 0 Å². The minimum absolute atomic E-state index is 0.0599. The van der Waals surface area contributed by atoms with Crippen molar-refractivity contribution in [3.8, 4) is 0 Å². The number of thiophene rings is 1. The first-order valence-corrected chi connectivity index (χ1v) is 8.46. The molecule has 0 aliphatic heterocycles. The van der Waals surface area contributed by atoms with Gasteiger partial charge in [-0.15, -0.1) is 11.3 Å². The third-order valence-electron chi connectivity index (χ3n) is 3.17. The van der Waals surface area contributed by atoms with E-state index in [1.807, 2.05) is 25.1 Å². The first kappa shape index (κ1) is 16.0. The zero-order chi connectivity index (χ0) is 14.7. The Morgan fingerprint density at radius 2 is 2.15 bits per heavy atom. The highest BCUT2D eigenvalue weighted by Gasteiger charge is 2.22. The lowest BCUT2D eigenvalue weighted by Gasteiger charge is -2.30. The highest BCUT2D eigenvalue weighted by molar-refractivity contribution is 9.10. The number of hydrogen-bond donors (Lipinski definition) is 1. The van der Waals surface area contributed by atoms with Gasteiger partial charge in [-0.05, 0) is 53.7 Å². The molecule has 0 radical (unpaired) electrons. The topological polar surface area (TPSA) is 29.3 Å². The van der Waals surface area contributed by atoms with E-state index in [1.165, 1.54) is 10.4 Å². The Bertz CT molecular complexity index is 571. The largest absolute Gasteiger partial charge is 0.326 e. The molecule has 2 N–H and O–H groups in total. The Balaban J connectivity index is 2.17. The smallest absolute Gasteiger partial charge is 0.0591 e. The van der Waals surface area contributed by atoms with Crippen molar-refractivity contribution < 1.29 is 0 Å². The summed E-state index contributed by atoms with van der Waals surface area (Å²) >= 11 is 11.3. The van der Waals surface area contributed by atoms with Crippen molar-refractivity contribution in [1.82, 2.24) is 4.90 Å². The van der Waals surface area contributed by atoms with Crippen LogP contribution >= 0.6 is 38.9 Å². The van der Waals surface area contributed by atoms with E-state index in [1.54, 1.807) is 11.3 Å². The molecule has 2 atom stereocenters. The summed E-state index contributed by atoms with van der Waals surface area (Å²) in [6, 6.07) is 10.4. The van der Waals surface area contributed by atoms with Crippen molar-refractivity contribution in [1.29, 1.82) is 0 Å². The molecule has 2 aromatic rings. The monoisotopic (exact) mass is 372 g/mol. The molecule has 20 heavy (non-hydrogen) atoms. The van der Waals surface area contributed by atoms with Gasteiger partial charge in [0.15, 0.2) is 0 Å². The van der Waals surface area contributed by atoms with Gasteiger partial charge in [0.25, 0.3) is 0 Å². The van der Waals surface area contributed by atoms with Crippen LogP contribution in [-0.4, -0.2) is 18.0 Å². The standard InChI is InChI=1S/C15H18BrClN2S/c1-10(18)15(14-7-12(16)9-20-14)19(2)8-11-4-3-5-13(17)6-11/h3-7,9-10,15H,8,18H2,1-2H3. The molecule has 2 rings (SSSR count). The first-order chi connectivity index (χ1) is 9.47.